The van der Waals surface area contributed by atoms with E-state index in [4.69, 9.17) is 4.74 Å². The standard InChI is InChI=1S/C27H31N5O.C26H30N6O.C25H22N6O/c1-18(2)31-14-11-21(12-15-31)20-4-6-23(7-5-20)30-24-8-9-25(22-10-13-28-26(33)16-22)32-19(3)17-29-27(24)32;1-17-13-21(5-7-23(17)31-15-18(2)30(4)19(3)16-31)29-22-6-8-24(32-12-11-28-26(22)32)20-9-10-27-25(33)14-20;1-6-21-23(27-10-9-26-21)17-18(1)24-8-7-22(25-28-11-12-31(24)25)29-19-2-4-20(5-3-19)30-13-15-32-16-14-30/h4-10,13,16-18,21,30H,11-12,14-15H2,1-3H3,(H,28,33);5-14,18-19,29H,15-16H2,1-4H3,(H,27,33);1-12,17,29H,13-16H2. The summed E-state index contributed by atoms with van der Waals surface area (Å²) in [4.78, 5) is 61.4. The third-order valence-electron chi connectivity index (χ3n) is 19.5. The topological polar surface area (TPSA) is 202 Å². The Morgan fingerprint density at radius 1 is 0.520 bits per heavy atom. The molecule has 16 rings (SSSR count). The molecule has 2 unspecified atom stereocenters. The molecule has 498 valence electrons. The maximum atomic E-state index is 11.8. The van der Waals surface area contributed by atoms with Gasteiger partial charge in [0, 0.05) is 163 Å². The molecule has 3 saturated heterocycles. The molecule has 0 spiro atoms. The number of nitrogens with one attached hydrogen (secondary N) is 5. The lowest BCUT2D eigenvalue weighted by Gasteiger charge is -2.44. The lowest BCUT2D eigenvalue weighted by molar-refractivity contribution is 0.122. The molecule has 13 aromatic rings. The summed E-state index contributed by atoms with van der Waals surface area (Å²) in [5.41, 5.74) is 21.9. The van der Waals surface area contributed by atoms with Gasteiger partial charge in [0.25, 0.3) is 0 Å². The number of aromatic amines is 2. The first-order valence-electron chi connectivity index (χ1n) is 33.9. The second-order valence-electron chi connectivity index (χ2n) is 26.2. The van der Waals surface area contributed by atoms with E-state index in [1.807, 2.05) is 78.6 Å². The number of anilines is 8. The molecular formula is C78H83N17O3. The van der Waals surface area contributed by atoms with Gasteiger partial charge in [-0.15, -0.1) is 0 Å². The largest absolute Gasteiger partial charge is 0.378 e. The Kier molecular flexibility index (Phi) is 18.7. The number of nitrogens with zero attached hydrogens (tertiary/aromatic N) is 12. The lowest BCUT2D eigenvalue weighted by Crippen LogP contribution is -2.55. The number of aromatic nitrogens is 10. The SMILES string of the molecule is Cc1cc(Nc2ccc(-c3cc[nH]c(=O)c3)n3ccnc23)ccc1N1CC(C)N(C)C(C)C1.Cc1cnc2c(Nc3ccc(C4CCN(C(C)C)CC4)cc3)ccc(-c3cc[nH]c(=O)c3)n12.c1cnc2cc(-c3ccc(Nc4ccc(N5CCOCC5)cc4)c4nccn34)ccc2n1. The van der Waals surface area contributed by atoms with Gasteiger partial charge in [-0.25, -0.2) is 15.0 Å². The zero-order valence-corrected chi connectivity index (χ0v) is 56.5. The number of H-pyrrole nitrogens is 2. The van der Waals surface area contributed by atoms with Crippen molar-refractivity contribution in [3.63, 3.8) is 0 Å². The Hall–Kier alpha value is -10.9. The van der Waals surface area contributed by atoms with E-state index in [9.17, 15) is 9.59 Å². The minimum atomic E-state index is -0.123. The number of ether oxygens (including phenoxy) is 1. The van der Waals surface area contributed by atoms with Gasteiger partial charge in [-0.3, -0.25) is 37.7 Å². The van der Waals surface area contributed by atoms with E-state index in [0.717, 1.165) is 141 Å². The molecule has 0 radical (unpaired) electrons. The maximum absolute atomic E-state index is 11.8. The Labute approximate surface area is 569 Å². The Morgan fingerprint density at radius 3 is 1.65 bits per heavy atom. The van der Waals surface area contributed by atoms with Crippen LogP contribution in [0.15, 0.2) is 211 Å². The molecule has 0 amide bonds. The van der Waals surface area contributed by atoms with Crippen LogP contribution in [-0.2, 0) is 4.74 Å². The molecule has 4 aromatic carbocycles. The van der Waals surface area contributed by atoms with Gasteiger partial charge in [0.2, 0.25) is 11.1 Å². The first-order chi connectivity index (χ1) is 47.7. The molecule has 20 nitrogen and oxygen atoms in total. The third-order valence-corrected chi connectivity index (χ3v) is 19.5. The first kappa shape index (κ1) is 64.4. The summed E-state index contributed by atoms with van der Waals surface area (Å²) >= 11 is 0. The van der Waals surface area contributed by atoms with Crippen molar-refractivity contribution >= 4 is 73.5 Å². The van der Waals surface area contributed by atoms with Crippen LogP contribution in [0.3, 0.4) is 0 Å². The molecule has 20 heteroatoms. The van der Waals surface area contributed by atoms with Gasteiger partial charge < -0.3 is 45.4 Å². The predicted octanol–water partition coefficient (Wildman–Crippen LogP) is 14.1. The highest BCUT2D eigenvalue weighted by Gasteiger charge is 2.28. The van der Waals surface area contributed by atoms with E-state index in [0.29, 0.717) is 24.0 Å². The summed E-state index contributed by atoms with van der Waals surface area (Å²) in [6, 6.07) is 51.1. The van der Waals surface area contributed by atoms with E-state index < -0.39 is 0 Å². The summed E-state index contributed by atoms with van der Waals surface area (Å²) in [5.74, 6) is 0.643. The fourth-order valence-electron chi connectivity index (χ4n) is 13.9. The molecule has 12 heterocycles. The third kappa shape index (κ3) is 13.9. The number of aryl methyl sites for hydroxylation is 2. The van der Waals surface area contributed by atoms with E-state index in [2.05, 4.69) is 212 Å². The number of likely N-dealkylation sites (tertiary alicyclic amines) is 1. The van der Waals surface area contributed by atoms with Crippen LogP contribution < -0.4 is 36.9 Å². The van der Waals surface area contributed by atoms with E-state index >= 15 is 0 Å². The average Bonchev–Trinajstić information content (AvgIpc) is 1.61. The summed E-state index contributed by atoms with van der Waals surface area (Å²) in [5, 5.41) is 10.6. The van der Waals surface area contributed by atoms with E-state index in [-0.39, 0.29) is 11.1 Å². The highest BCUT2D eigenvalue weighted by molar-refractivity contribution is 5.84. The lowest BCUT2D eigenvalue weighted by atomic mass is 9.89. The Morgan fingerprint density at radius 2 is 1.06 bits per heavy atom. The number of morpholine rings is 1. The van der Waals surface area contributed by atoms with Crippen LogP contribution in [0, 0.1) is 13.8 Å². The quantitative estimate of drug-likeness (QED) is 0.0729. The molecule has 3 aliphatic rings. The normalized spacial score (nSPS) is 16.3. The second kappa shape index (κ2) is 28.4. The second-order valence-corrected chi connectivity index (χ2v) is 26.2. The number of piperidine rings is 1. The van der Waals surface area contributed by atoms with Crippen LogP contribution in [0.4, 0.5) is 45.5 Å². The van der Waals surface area contributed by atoms with Crippen LogP contribution in [0.5, 0.6) is 0 Å². The van der Waals surface area contributed by atoms with Crippen molar-refractivity contribution in [3.05, 3.63) is 239 Å². The summed E-state index contributed by atoms with van der Waals surface area (Å²) < 4.78 is 11.6. The van der Waals surface area contributed by atoms with Gasteiger partial charge >= 0.3 is 0 Å². The zero-order valence-electron chi connectivity index (χ0n) is 56.5. The minimum Gasteiger partial charge on any atom is -0.378 e. The average molecular weight is 1310 g/mol. The number of fused-ring (bicyclic) bond motifs is 4. The molecular weight excluding hydrogens is 1220 g/mol. The van der Waals surface area contributed by atoms with Gasteiger partial charge in [0.15, 0.2) is 16.9 Å². The van der Waals surface area contributed by atoms with Gasteiger partial charge in [-0.2, -0.15) is 0 Å². The van der Waals surface area contributed by atoms with Crippen LogP contribution in [0.1, 0.15) is 63.3 Å². The van der Waals surface area contributed by atoms with Crippen molar-refractivity contribution in [1.29, 1.82) is 0 Å². The van der Waals surface area contributed by atoms with Gasteiger partial charge in [-0.1, -0.05) is 18.2 Å². The molecule has 9 aromatic heterocycles. The number of pyridine rings is 5. The highest BCUT2D eigenvalue weighted by atomic mass is 16.5. The van der Waals surface area contributed by atoms with Crippen LogP contribution in [0.2, 0.25) is 0 Å². The summed E-state index contributed by atoms with van der Waals surface area (Å²) in [6.45, 7) is 21.2. The van der Waals surface area contributed by atoms with Crippen LogP contribution in [0.25, 0.3) is 61.7 Å². The Balaban J connectivity index is 0.000000126. The number of piperazine rings is 1. The number of hydrogen-bond acceptors (Lipinski definition) is 15. The molecule has 0 aliphatic carbocycles. The number of rotatable bonds is 13. The number of benzene rings is 4. The van der Waals surface area contributed by atoms with Crippen molar-refractivity contribution in [1.82, 2.24) is 57.9 Å². The summed E-state index contributed by atoms with van der Waals surface area (Å²) in [7, 11) is 2.21. The number of imidazole rings is 3. The number of hydrogen-bond donors (Lipinski definition) is 5. The molecule has 0 saturated carbocycles. The summed E-state index contributed by atoms with van der Waals surface area (Å²) in [6.07, 6.45) is 18.6. The molecule has 2 atom stereocenters. The molecule has 98 heavy (non-hydrogen) atoms. The van der Waals surface area contributed by atoms with Crippen LogP contribution in [-0.4, -0.2) is 136 Å². The Bertz CT molecular complexity index is 5050. The van der Waals surface area contributed by atoms with Crippen molar-refractivity contribution in [3.8, 4) is 33.8 Å². The maximum Gasteiger partial charge on any atom is 0.248 e. The molecule has 0 bridgehead atoms. The monoisotopic (exact) mass is 1310 g/mol. The zero-order chi connectivity index (χ0) is 67.4. The fraction of sp³-hybridized carbons (Fsp3) is 0.269. The van der Waals surface area contributed by atoms with Crippen molar-refractivity contribution in [2.24, 2.45) is 0 Å². The van der Waals surface area contributed by atoms with E-state index in [1.54, 1.807) is 43.1 Å². The van der Waals surface area contributed by atoms with Gasteiger partial charge in [0.1, 0.15) is 0 Å². The molecule has 3 fully saturated rings. The van der Waals surface area contributed by atoms with Crippen molar-refractivity contribution < 1.29 is 4.74 Å². The fourth-order valence-corrected chi connectivity index (χ4v) is 13.9. The first-order valence-corrected chi connectivity index (χ1v) is 33.9. The van der Waals surface area contributed by atoms with Crippen molar-refractivity contribution in [2.75, 3.05) is 85.3 Å². The highest BCUT2D eigenvalue weighted by Crippen LogP contribution is 2.36. The molecule has 3 aliphatic heterocycles. The molecule has 5 N–H and O–H groups in total. The smallest absolute Gasteiger partial charge is 0.248 e. The number of likely N-dealkylation sites (N-methyl/N-ethyl adjacent to an activating group) is 1. The van der Waals surface area contributed by atoms with Gasteiger partial charge in [0.05, 0.1) is 58.4 Å². The van der Waals surface area contributed by atoms with Gasteiger partial charge in [-0.05, 0) is 207 Å². The van der Waals surface area contributed by atoms with Crippen molar-refractivity contribution in [2.45, 2.75) is 78.4 Å². The predicted molar refractivity (Wildman–Crippen MR) is 395 cm³/mol. The van der Waals surface area contributed by atoms with Crippen LogP contribution >= 0.6 is 0 Å². The minimum absolute atomic E-state index is 0.115. The van der Waals surface area contributed by atoms with E-state index in [1.165, 1.54) is 48.4 Å².